The van der Waals surface area contributed by atoms with Crippen molar-refractivity contribution in [1.29, 1.82) is 0 Å². The molecule has 0 radical (unpaired) electrons. The van der Waals surface area contributed by atoms with Gasteiger partial charge in [-0.1, -0.05) is 48.9 Å². The van der Waals surface area contributed by atoms with Crippen LogP contribution in [0.15, 0.2) is 59.4 Å². The lowest BCUT2D eigenvalue weighted by molar-refractivity contribution is 0.0820. The second kappa shape index (κ2) is 8.78. The van der Waals surface area contributed by atoms with Crippen molar-refractivity contribution in [3.05, 3.63) is 70.6 Å². The Morgan fingerprint density at radius 2 is 1.63 bits per heavy atom. The predicted molar refractivity (Wildman–Crippen MR) is 122 cm³/mol. The van der Waals surface area contributed by atoms with Crippen molar-refractivity contribution in [1.82, 2.24) is 19.4 Å². The summed E-state index contributed by atoms with van der Waals surface area (Å²) in [6.07, 6.45) is 6.06. The maximum absolute atomic E-state index is 12.5. The van der Waals surface area contributed by atoms with Crippen LogP contribution in [0.1, 0.15) is 43.7 Å². The van der Waals surface area contributed by atoms with E-state index in [4.69, 9.17) is 0 Å². The largest absolute Gasteiger partial charge is 0.326 e. The third kappa shape index (κ3) is 4.09. The van der Waals surface area contributed by atoms with Gasteiger partial charge in [-0.3, -0.25) is 9.47 Å². The molecular weight excluding hydrogens is 372 g/mol. The number of benzene rings is 2. The van der Waals surface area contributed by atoms with Crippen molar-refractivity contribution >= 4 is 11.0 Å². The highest BCUT2D eigenvalue weighted by Crippen LogP contribution is 2.27. The molecule has 0 amide bonds. The number of hydrogen-bond acceptors (Lipinski definition) is 3. The van der Waals surface area contributed by atoms with Gasteiger partial charge in [-0.15, -0.1) is 0 Å². The Labute approximate surface area is 178 Å². The van der Waals surface area contributed by atoms with Gasteiger partial charge in [0.25, 0.3) is 0 Å². The topological polar surface area (TPSA) is 44.3 Å². The summed E-state index contributed by atoms with van der Waals surface area (Å²) in [6, 6.07) is 19.9. The van der Waals surface area contributed by atoms with Crippen LogP contribution in [0.4, 0.5) is 0 Å². The minimum absolute atomic E-state index is 0.0379. The summed E-state index contributed by atoms with van der Waals surface area (Å²) in [7, 11) is 0. The minimum atomic E-state index is 0.0379. The van der Waals surface area contributed by atoms with Crippen LogP contribution in [-0.4, -0.2) is 51.6 Å². The molecule has 1 N–H and O–H groups in total. The Balaban J connectivity index is 1.22. The van der Waals surface area contributed by atoms with E-state index in [1.165, 1.54) is 31.4 Å². The molecule has 2 aromatic carbocycles. The summed E-state index contributed by atoms with van der Waals surface area (Å²) in [5.74, 6) is 0. The van der Waals surface area contributed by atoms with E-state index in [0.717, 1.165) is 50.1 Å². The van der Waals surface area contributed by atoms with Crippen molar-refractivity contribution < 1.29 is 0 Å². The fourth-order valence-corrected chi connectivity index (χ4v) is 5.39. The SMILES string of the molecule is O=c1[nH]c2ccccc2n1C1CCN(CC2CCCCN2Cc2ccccc2)CC1. The van der Waals surface area contributed by atoms with Crippen LogP contribution >= 0.6 is 0 Å². The van der Waals surface area contributed by atoms with Crippen LogP contribution in [0, 0.1) is 0 Å². The number of nitrogens with one attached hydrogen (secondary N) is 1. The molecule has 2 fully saturated rings. The standard InChI is InChI=1S/C25H32N4O/c30-25-26-23-11-4-5-12-24(23)29(25)21-13-16-27(17-14-21)19-22-10-6-7-15-28(22)18-20-8-2-1-3-9-20/h1-5,8-9,11-12,21-22H,6-7,10,13-19H2,(H,26,30). The fourth-order valence-electron chi connectivity index (χ4n) is 5.39. The van der Waals surface area contributed by atoms with E-state index in [9.17, 15) is 4.79 Å². The molecule has 3 heterocycles. The molecular formula is C25H32N4O. The van der Waals surface area contributed by atoms with Crippen LogP contribution in [0.25, 0.3) is 11.0 Å². The average Bonchev–Trinajstić information content (AvgIpc) is 3.12. The molecule has 1 aromatic heterocycles. The van der Waals surface area contributed by atoms with Gasteiger partial charge in [-0.2, -0.15) is 0 Å². The first kappa shape index (κ1) is 19.6. The first-order valence-corrected chi connectivity index (χ1v) is 11.5. The van der Waals surface area contributed by atoms with E-state index >= 15 is 0 Å². The molecule has 1 unspecified atom stereocenters. The van der Waals surface area contributed by atoms with Crippen LogP contribution in [0.3, 0.4) is 0 Å². The van der Waals surface area contributed by atoms with Crippen LogP contribution in [0.5, 0.6) is 0 Å². The number of nitrogens with zero attached hydrogens (tertiary/aromatic N) is 3. The van der Waals surface area contributed by atoms with Crippen LogP contribution in [-0.2, 0) is 6.54 Å². The maximum atomic E-state index is 12.5. The average molecular weight is 405 g/mol. The van der Waals surface area contributed by atoms with Crippen molar-refractivity contribution in [2.75, 3.05) is 26.2 Å². The van der Waals surface area contributed by atoms with Gasteiger partial charge < -0.3 is 9.88 Å². The summed E-state index contributed by atoms with van der Waals surface area (Å²) >= 11 is 0. The predicted octanol–water partition coefficient (Wildman–Crippen LogP) is 4.02. The molecule has 158 valence electrons. The number of para-hydroxylation sites is 2. The van der Waals surface area contributed by atoms with Crippen molar-refractivity contribution in [2.45, 2.75) is 50.7 Å². The number of fused-ring (bicyclic) bond motifs is 1. The Hall–Kier alpha value is -2.37. The van der Waals surface area contributed by atoms with Crippen molar-refractivity contribution in [3.8, 4) is 0 Å². The van der Waals surface area contributed by atoms with Gasteiger partial charge in [0.05, 0.1) is 11.0 Å². The molecule has 5 nitrogen and oxygen atoms in total. The number of aromatic nitrogens is 2. The molecule has 1 atom stereocenters. The zero-order valence-electron chi connectivity index (χ0n) is 17.7. The Bertz CT molecular complexity index is 1020. The van der Waals surface area contributed by atoms with Crippen LogP contribution < -0.4 is 5.69 Å². The smallest absolute Gasteiger partial charge is 0.306 e. The first-order chi connectivity index (χ1) is 14.8. The van der Waals surface area contributed by atoms with Gasteiger partial charge >= 0.3 is 5.69 Å². The van der Waals surface area contributed by atoms with E-state index in [1.54, 1.807) is 0 Å². The molecule has 30 heavy (non-hydrogen) atoms. The Morgan fingerprint density at radius 1 is 0.867 bits per heavy atom. The second-order valence-corrected chi connectivity index (χ2v) is 8.95. The number of imidazole rings is 1. The highest BCUT2D eigenvalue weighted by Gasteiger charge is 2.28. The van der Waals surface area contributed by atoms with Gasteiger partial charge in [0.15, 0.2) is 0 Å². The number of rotatable bonds is 5. The van der Waals surface area contributed by atoms with Gasteiger partial charge in [-0.05, 0) is 49.9 Å². The van der Waals surface area contributed by atoms with E-state index < -0.39 is 0 Å². The van der Waals surface area contributed by atoms with Gasteiger partial charge in [0.2, 0.25) is 0 Å². The lowest BCUT2D eigenvalue weighted by atomic mass is 9.98. The van der Waals surface area contributed by atoms with Crippen LogP contribution in [0.2, 0.25) is 0 Å². The van der Waals surface area contributed by atoms with E-state index in [0.29, 0.717) is 12.1 Å². The minimum Gasteiger partial charge on any atom is -0.306 e. The highest BCUT2D eigenvalue weighted by atomic mass is 16.1. The lowest BCUT2D eigenvalue weighted by Gasteiger charge is -2.41. The van der Waals surface area contributed by atoms with Crippen molar-refractivity contribution in [3.63, 3.8) is 0 Å². The Morgan fingerprint density at radius 3 is 2.47 bits per heavy atom. The number of piperidine rings is 2. The van der Waals surface area contributed by atoms with E-state index in [1.807, 2.05) is 22.8 Å². The molecule has 0 aliphatic carbocycles. The first-order valence-electron chi connectivity index (χ1n) is 11.5. The zero-order valence-corrected chi connectivity index (χ0v) is 17.7. The molecule has 5 heteroatoms. The summed E-state index contributed by atoms with van der Waals surface area (Å²) < 4.78 is 2.00. The maximum Gasteiger partial charge on any atom is 0.326 e. The molecule has 0 bridgehead atoms. The molecule has 2 saturated heterocycles. The highest BCUT2D eigenvalue weighted by molar-refractivity contribution is 5.75. The van der Waals surface area contributed by atoms with Gasteiger partial charge in [0.1, 0.15) is 0 Å². The third-order valence-corrected chi connectivity index (χ3v) is 6.99. The summed E-state index contributed by atoms with van der Waals surface area (Å²) in [5.41, 5.74) is 3.45. The monoisotopic (exact) mass is 404 g/mol. The van der Waals surface area contributed by atoms with Gasteiger partial charge in [0, 0.05) is 38.3 Å². The molecule has 5 rings (SSSR count). The summed E-state index contributed by atoms with van der Waals surface area (Å²) in [5, 5.41) is 0. The lowest BCUT2D eigenvalue weighted by Crippen LogP contribution is -2.48. The van der Waals surface area contributed by atoms with Gasteiger partial charge in [-0.25, -0.2) is 4.79 Å². The summed E-state index contributed by atoms with van der Waals surface area (Å²) in [4.78, 5) is 20.9. The summed E-state index contributed by atoms with van der Waals surface area (Å²) in [6.45, 7) is 5.58. The number of likely N-dealkylation sites (tertiary alicyclic amines) is 2. The molecule has 0 spiro atoms. The number of hydrogen-bond donors (Lipinski definition) is 1. The normalized spacial score (nSPS) is 21.9. The van der Waals surface area contributed by atoms with E-state index in [-0.39, 0.29) is 5.69 Å². The number of H-pyrrole nitrogens is 1. The molecule has 2 aliphatic rings. The quantitative estimate of drug-likeness (QED) is 0.699. The van der Waals surface area contributed by atoms with E-state index in [2.05, 4.69) is 51.2 Å². The third-order valence-electron chi connectivity index (χ3n) is 6.99. The number of aromatic amines is 1. The molecule has 2 aliphatic heterocycles. The Kier molecular flexibility index (Phi) is 5.73. The van der Waals surface area contributed by atoms with Crippen molar-refractivity contribution in [2.24, 2.45) is 0 Å². The molecule has 0 saturated carbocycles. The fraction of sp³-hybridized carbons (Fsp3) is 0.480. The second-order valence-electron chi connectivity index (χ2n) is 8.95. The molecule has 3 aromatic rings. The zero-order chi connectivity index (χ0) is 20.3.